The lowest BCUT2D eigenvalue weighted by molar-refractivity contribution is 0.746. The highest BCUT2D eigenvalue weighted by atomic mass is 15.0. The summed E-state index contributed by atoms with van der Waals surface area (Å²) >= 11 is 0. The van der Waals surface area contributed by atoms with Gasteiger partial charge in [0.05, 0.1) is 11.0 Å². The molecule has 2 aliphatic carbocycles. The standard InChI is InChI=1S/C35H27N/c1-22-31-20-25-12-8-9-15-27(25)29-18-19-30-28-17-16-24(23-10-4-2-5-11-23)21-32(28)36(26-13-6-3-7-14-26)35(30)34(29)33(22)31/h2-19,21-22,31,33H,20H2,1H3/t22?,31-,33?/m0/s1. The van der Waals surface area contributed by atoms with Gasteiger partial charge in [0.25, 0.3) is 0 Å². The molecule has 2 aliphatic rings. The SMILES string of the molecule is CC1C2c3c(ccc4c5ccc(-c6ccccc6)cc5n(-c5ccccc5)c34)-c3ccccc3C[C@@H]12. The van der Waals surface area contributed by atoms with Gasteiger partial charge in [-0.2, -0.15) is 0 Å². The Hall–Kier alpha value is -4.10. The summed E-state index contributed by atoms with van der Waals surface area (Å²) in [5, 5.41) is 2.70. The second-order valence-electron chi connectivity index (χ2n) is 10.6. The molecule has 1 nitrogen and oxygen atoms in total. The van der Waals surface area contributed by atoms with E-state index in [-0.39, 0.29) is 0 Å². The van der Waals surface area contributed by atoms with Crippen LogP contribution in [0.2, 0.25) is 0 Å². The minimum atomic E-state index is 0.608. The van der Waals surface area contributed by atoms with Crippen molar-refractivity contribution in [3.8, 4) is 27.9 Å². The van der Waals surface area contributed by atoms with Crippen molar-refractivity contribution >= 4 is 21.8 Å². The van der Waals surface area contributed by atoms with E-state index in [1.165, 1.54) is 61.7 Å². The van der Waals surface area contributed by atoms with Crippen LogP contribution >= 0.6 is 0 Å². The molecule has 0 aliphatic heterocycles. The molecule has 1 heterocycles. The van der Waals surface area contributed by atoms with Gasteiger partial charge >= 0.3 is 0 Å². The summed E-state index contributed by atoms with van der Waals surface area (Å²) in [5.41, 5.74) is 12.3. The van der Waals surface area contributed by atoms with Crippen LogP contribution in [0.4, 0.5) is 0 Å². The molecule has 36 heavy (non-hydrogen) atoms. The zero-order valence-corrected chi connectivity index (χ0v) is 20.4. The van der Waals surface area contributed by atoms with Crippen molar-refractivity contribution in [2.24, 2.45) is 11.8 Å². The highest BCUT2D eigenvalue weighted by Crippen LogP contribution is 2.61. The van der Waals surface area contributed by atoms with E-state index in [9.17, 15) is 0 Å². The summed E-state index contributed by atoms with van der Waals surface area (Å²) in [6.45, 7) is 2.45. The van der Waals surface area contributed by atoms with Crippen molar-refractivity contribution in [2.45, 2.75) is 19.3 Å². The number of hydrogen-bond donors (Lipinski definition) is 0. The van der Waals surface area contributed by atoms with Crippen molar-refractivity contribution < 1.29 is 0 Å². The number of fused-ring (bicyclic) bond motifs is 9. The number of nitrogens with zero attached hydrogens (tertiary/aromatic N) is 1. The number of rotatable bonds is 2. The Kier molecular flexibility index (Phi) is 4.16. The van der Waals surface area contributed by atoms with E-state index in [1.807, 2.05) is 0 Å². The zero-order valence-electron chi connectivity index (χ0n) is 20.4. The molecule has 1 saturated carbocycles. The minimum absolute atomic E-state index is 0.608. The molecule has 2 unspecified atom stereocenters. The van der Waals surface area contributed by atoms with E-state index in [0.29, 0.717) is 11.8 Å². The fourth-order valence-corrected chi connectivity index (χ4v) is 6.91. The molecule has 1 heteroatoms. The first-order chi connectivity index (χ1) is 17.8. The van der Waals surface area contributed by atoms with Gasteiger partial charge in [0.15, 0.2) is 0 Å². The molecule has 1 aromatic heterocycles. The minimum Gasteiger partial charge on any atom is -0.309 e. The average Bonchev–Trinajstić information content (AvgIpc) is 3.48. The molecular formula is C35H27N. The second-order valence-corrected chi connectivity index (χ2v) is 10.6. The Morgan fingerprint density at radius 2 is 1.36 bits per heavy atom. The molecule has 6 aromatic rings. The maximum Gasteiger partial charge on any atom is 0.0582 e. The van der Waals surface area contributed by atoms with Crippen LogP contribution < -0.4 is 0 Å². The van der Waals surface area contributed by atoms with Gasteiger partial charge in [0.1, 0.15) is 0 Å². The highest BCUT2D eigenvalue weighted by molar-refractivity contribution is 6.13. The Morgan fingerprint density at radius 1 is 0.639 bits per heavy atom. The van der Waals surface area contributed by atoms with Gasteiger partial charge in [0.2, 0.25) is 0 Å². The fourth-order valence-electron chi connectivity index (χ4n) is 6.91. The molecule has 0 amide bonds. The van der Waals surface area contributed by atoms with Gasteiger partial charge < -0.3 is 4.57 Å². The predicted octanol–water partition coefficient (Wildman–Crippen LogP) is 9.02. The molecule has 0 bridgehead atoms. The Labute approximate surface area is 211 Å². The highest BCUT2D eigenvalue weighted by Gasteiger charge is 2.51. The topological polar surface area (TPSA) is 4.93 Å². The van der Waals surface area contributed by atoms with Gasteiger partial charge in [-0.1, -0.05) is 104 Å². The predicted molar refractivity (Wildman–Crippen MR) is 151 cm³/mol. The van der Waals surface area contributed by atoms with Gasteiger partial charge in [-0.25, -0.2) is 0 Å². The smallest absolute Gasteiger partial charge is 0.0582 e. The molecule has 172 valence electrons. The van der Waals surface area contributed by atoms with Crippen molar-refractivity contribution in [3.05, 3.63) is 126 Å². The van der Waals surface area contributed by atoms with Crippen LogP contribution in [0.25, 0.3) is 49.7 Å². The van der Waals surface area contributed by atoms with Crippen LogP contribution in [0.3, 0.4) is 0 Å². The Bertz CT molecular complexity index is 1770. The lowest BCUT2D eigenvalue weighted by atomic mass is 9.91. The maximum atomic E-state index is 2.55. The van der Waals surface area contributed by atoms with Gasteiger partial charge in [0, 0.05) is 16.5 Å². The summed E-state index contributed by atoms with van der Waals surface area (Å²) in [7, 11) is 0. The van der Waals surface area contributed by atoms with E-state index in [2.05, 4.69) is 127 Å². The summed E-state index contributed by atoms with van der Waals surface area (Å²) < 4.78 is 2.55. The van der Waals surface area contributed by atoms with Crippen molar-refractivity contribution in [2.75, 3.05) is 0 Å². The van der Waals surface area contributed by atoms with E-state index in [0.717, 1.165) is 5.92 Å². The molecule has 0 spiro atoms. The molecule has 1 fully saturated rings. The molecule has 0 saturated heterocycles. The molecule has 0 radical (unpaired) electrons. The van der Waals surface area contributed by atoms with Crippen LogP contribution in [0.5, 0.6) is 0 Å². The third-order valence-corrected chi connectivity index (χ3v) is 8.75. The maximum absolute atomic E-state index is 2.55. The van der Waals surface area contributed by atoms with E-state index in [4.69, 9.17) is 0 Å². The molecule has 3 atom stereocenters. The van der Waals surface area contributed by atoms with Crippen molar-refractivity contribution in [1.29, 1.82) is 0 Å². The second kappa shape index (κ2) is 7.45. The number of para-hydroxylation sites is 1. The third kappa shape index (κ3) is 2.77. The molecule has 5 aromatic carbocycles. The molecule has 8 rings (SSSR count). The normalized spacial score (nSPS) is 20.0. The van der Waals surface area contributed by atoms with Gasteiger partial charge in [-0.3, -0.25) is 0 Å². The van der Waals surface area contributed by atoms with Crippen LogP contribution in [-0.2, 0) is 6.42 Å². The van der Waals surface area contributed by atoms with Crippen LogP contribution in [0, 0.1) is 11.8 Å². The van der Waals surface area contributed by atoms with E-state index < -0.39 is 0 Å². The Morgan fingerprint density at radius 3 is 2.19 bits per heavy atom. The van der Waals surface area contributed by atoms with Gasteiger partial charge in [-0.05, 0) is 75.8 Å². The first kappa shape index (κ1) is 20.1. The number of aromatic nitrogens is 1. The molecule has 0 N–H and O–H groups in total. The van der Waals surface area contributed by atoms with Crippen LogP contribution in [0.1, 0.15) is 24.0 Å². The summed E-state index contributed by atoms with van der Waals surface area (Å²) in [6, 6.07) is 42.6. The van der Waals surface area contributed by atoms with Gasteiger partial charge in [-0.15, -0.1) is 0 Å². The summed E-state index contributed by atoms with van der Waals surface area (Å²) in [5.74, 6) is 2.04. The van der Waals surface area contributed by atoms with E-state index in [1.54, 1.807) is 5.56 Å². The summed E-state index contributed by atoms with van der Waals surface area (Å²) in [4.78, 5) is 0. The van der Waals surface area contributed by atoms with E-state index >= 15 is 0 Å². The number of benzene rings is 5. The summed E-state index contributed by atoms with van der Waals surface area (Å²) in [6.07, 6.45) is 1.18. The fraction of sp³-hybridized carbons (Fsp3) is 0.143. The molecular weight excluding hydrogens is 434 g/mol. The Balaban J connectivity index is 1.52. The van der Waals surface area contributed by atoms with Crippen LogP contribution in [0.15, 0.2) is 115 Å². The lowest BCUT2D eigenvalue weighted by Gasteiger charge is -2.16. The largest absolute Gasteiger partial charge is 0.309 e. The zero-order chi connectivity index (χ0) is 23.8. The van der Waals surface area contributed by atoms with Crippen molar-refractivity contribution in [3.63, 3.8) is 0 Å². The lowest BCUT2D eigenvalue weighted by Crippen LogP contribution is -1.99. The van der Waals surface area contributed by atoms with Crippen molar-refractivity contribution in [1.82, 2.24) is 4.57 Å². The third-order valence-electron chi connectivity index (χ3n) is 8.75. The first-order valence-corrected chi connectivity index (χ1v) is 13.1. The van der Waals surface area contributed by atoms with Crippen LogP contribution in [-0.4, -0.2) is 4.57 Å². The number of hydrogen-bond acceptors (Lipinski definition) is 0. The monoisotopic (exact) mass is 461 g/mol. The quantitative estimate of drug-likeness (QED) is 0.242. The first-order valence-electron chi connectivity index (χ1n) is 13.1. The average molecular weight is 462 g/mol.